The molecule has 9 nitrogen and oxygen atoms in total. The highest BCUT2D eigenvalue weighted by Gasteiger charge is 2.22. The number of aromatic nitrogens is 2. The van der Waals surface area contributed by atoms with E-state index in [9.17, 15) is 14.4 Å². The number of nitrogens with zero attached hydrogens (tertiary/aromatic N) is 1. The van der Waals surface area contributed by atoms with Crippen LogP contribution in [0.2, 0.25) is 0 Å². The van der Waals surface area contributed by atoms with Crippen molar-refractivity contribution in [2.75, 3.05) is 6.54 Å². The van der Waals surface area contributed by atoms with Crippen molar-refractivity contribution in [1.29, 1.82) is 0 Å². The molecule has 0 saturated heterocycles. The molecule has 116 valence electrons. The van der Waals surface area contributed by atoms with Gasteiger partial charge in [-0.2, -0.15) is 0 Å². The van der Waals surface area contributed by atoms with E-state index in [0.717, 1.165) is 0 Å². The lowest BCUT2D eigenvalue weighted by atomic mass is 10.1. The number of urea groups is 1. The molecule has 2 unspecified atom stereocenters. The number of amides is 3. The van der Waals surface area contributed by atoms with Crippen LogP contribution in [0.15, 0.2) is 12.5 Å². The van der Waals surface area contributed by atoms with Gasteiger partial charge in [0.1, 0.15) is 12.1 Å². The second kappa shape index (κ2) is 7.88. The first-order valence-electron chi connectivity index (χ1n) is 6.48. The molecule has 0 aliphatic rings. The summed E-state index contributed by atoms with van der Waals surface area (Å²) in [5, 5.41) is 16.3. The Morgan fingerprint density at radius 3 is 2.62 bits per heavy atom. The third-order valence-corrected chi connectivity index (χ3v) is 2.67. The van der Waals surface area contributed by atoms with E-state index in [4.69, 9.17) is 5.11 Å². The third kappa shape index (κ3) is 5.51. The number of aliphatic carboxylic acids is 1. The lowest BCUT2D eigenvalue weighted by molar-refractivity contribution is -0.139. The number of likely N-dealkylation sites (N-methyl/N-ethyl adjacent to an activating group) is 1. The van der Waals surface area contributed by atoms with E-state index in [1.807, 2.05) is 0 Å². The lowest BCUT2D eigenvalue weighted by Gasteiger charge is -2.17. The summed E-state index contributed by atoms with van der Waals surface area (Å²) in [4.78, 5) is 40.8. The number of carbonyl (C=O) groups excluding carboxylic acids is 2. The van der Waals surface area contributed by atoms with Crippen LogP contribution in [0.4, 0.5) is 4.79 Å². The Kier molecular flexibility index (Phi) is 6.18. The molecule has 0 spiro atoms. The zero-order valence-electron chi connectivity index (χ0n) is 11.8. The molecule has 1 aromatic heterocycles. The normalized spacial score (nSPS) is 13.0. The molecule has 5 N–H and O–H groups in total. The van der Waals surface area contributed by atoms with Gasteiger partial charge in [-0.15, -0.1) is 0 Å². The monoisotopic (exact) mass is 297 g/mol. The summed E-state index contributed by atoms with van der Waals surface area (Å²) in [6.45, 7) is 3.72. The number of carboxylic acid groups (broad SMARTS) is 1. The molecule has 0 aliphatic heterocycles. The van der Waals surface area contributed by atoms with E-state index in [1.54, 1.807) is 6.92 Å². The molecule has 21 heavy (non-hydrogen) atoms. The molecule has 0 radical (unpaired) electrons. The SMILES string of the molecule is CCNC(=O)C(C)NC(=O)NC(Cc1cnc[nH]1)C(=O)O. The molecule has 1 rings (SSSR count). The number of hydrogen-bond acceptors (Lipinski definition) is 4. The maximum atomic E-state index is 11.7. The average molecular weight is 297 g/mol. The molecular formula is C12H19N5O4. The predicted octanol–water partition coefficient (Wildman–Crippen LogP) is -0.771. The summed E-state index contributed by atoms with van der Waals surface area (Å²) in [5.41, 5.74) is 0.583. The van der Waals surface area contributed by atoms with Crippen LogP contribution in [0.3, 0.4) is 0 Å². The van der Waals surface area contributed by atoms with E-state index in [2.05, 4.69) is 25.9 Å². The van der Waals surface area contributed by atoms with Crippen molar-refractivity contribution in [3.8, 4) is 0 Å². The number of H-pyrrole nitrogens is 1. The van der Waals surface area contributed by atoms with Gasteiger partial charge in [0.15, 0.2) is 0 Å². The van der Waals surface area contributed by atoms with Gasteiger partial charge < -0.3 is 26.0 Å². The Morgan fingerprint density at radius 2 is 2.10 bits per heavy atom. The number of imidazole rings is 1. The molecule has 1 heterocycles. The standard InChI is InChI=1S/C12H19N5O4/c1-3-14-10(18)7(2)16-12(21)17-9(11(19)20)4-8-5-13-6-15-8/h5-7,9H,3-4H2,1-2H3,(H,13,15)(H,14,18)(H,19,20)(H2,16,17,21). The van der Waals surface area contributed by atoms with Gasteiger partial charge in [0.05, 0.1) is 6.33 Å². The molecule has 1 aromatic rings. The first-order chi connectivity index (χ1) is 9.93. The first kappa shape index (κ1) is 16.5. The summed E-state index contributed by atoms with van der Waals surface area (Å²) < 4.78 is 0. The second-order valence-corrected chi connectivity index (χ2v) is 4.41. The highest BCUT2D eigenvalue weighted by atomic mass is 16.4. The van der Waals surface area contributed by atoms with Gasteiger partial charge in [-0.25, -0.2) is 14.6 Å². The van der Waals surface area contributed by atoms with Crippen LogP contribution in [-0.2, 0) is 16.0 Å². The molecule has 0 bridgehead atoms. The van der Waals surface area contributed by atoms with Crippen LogP contribution in [0.5, 0.6) is 0 Å². The van der Waals surface area contributed by atoms with Crippen molar-refractivity contribution in [3.63, 3.8) is 0 Å². The number of nitrogens with one attached hydrogen (secondary N) is 4. The van der Waals surface area contributed by atoms with Gasteiger partial charge in [0.2, 0.25) is 5.91 Å². The van der Waals surface area contributed by atoms with Crippen molar-refractivity contribution in [2.45, 2.75) is 32.4 Å². The Bertz CT molecular complexity index is 488. The number of hydrogen-bond donors (Lipinski definition) is 5. The fourth-order valence-electron chi connectivity index (χ4n) is 1.61. The van der Waals surface area contributed by atoms with Gasteiger partial charge in [0, 0.05) is 24.9 Å². The van der Waals surface area contributed by atoms with Gasteiger partial charge in [0.25, 0.3) is 0 Å². The second-order valence-electron chi connectivity index (χ2n) is 4.41. The molecule has 0 aliphatic carbocycles. The molecule has 9 heteroatoms. The molecule has 0 saturated carbocycles. The number of carboxylic acids is 1. The highest BCUT2D eigenvalue weighted by molar-refractivity contribution is 5.88. The largest absolute Gasteiger partial charge is 0.480 e. The van der Waals surface area contributed by atoms with Crippen LogP contribution in [-0.4, -0.2) is 51.6 Å². The van der Waals surface area contributed by atoms with Crippen LogP contribution in [0, 0.1) is 0 Å². The maximum absolute atomic E-state index is 11.7. The molecule has 3 amide bonds. The zero-order chi connectivity index (χ0) is 15.8. The zero-order valence-corrected chi connectivity index (χ0v) is 11.8. The number of aromatic amines is 1. The topological polar surface area (TPSA) is 136 Å². The van der Waals surface area contributed by atoms with Crippen LogP contribution in [0.25, 0.3) is 0 Å². The van der Waals surface area contributed by atoms with E-state index < -0.39 is 24.1 Å². The van der Waals surface area contributed by atoms with Crippen molar-refractivity contribution < 1.29 is 19.5 Å². The van der Waals surface area contributed by atoms with Crippen LogP contribution in [0.1, 0.15) is 19.5 Å². The summed E-state index contributed by atoms with van der Waals surface area (Å²) in [6, 6.07) is -2.60. The van der Waals surface area contributed by atoms with Crippen molar-refractivity contribution in [1.82, 2.24) is 25.9 Å². The number of carbonyl (C=O) groups is 3. The van der Waals surface area contributed by atoms with E-state index in [1.165, 1.54) is 19.4 Å². The van der Waals surface area contributed by atoms with Crippen LogP contribution < -0.4 is 16.0 Å². The minimum atomic E-state index is -1.18. The van der Waals surface area contributed by atoms with E-state index in [-0.39, 0.29) is 12.3 Å². The third-order valence-electron chi connectivity index (χ3n) is 2.67. The summed E-state index contributed by atoms with van der Waals surface area (Å²) in [6.07, 6.45) is 2.97. The van der Waals surface area contributed by atoms with Gasteiger partial charge in [-0.05, 0) is 13.8 Å². The Morgan fingerprint density at radius 1 is 1.38 bits per heavy atom. The first-order valence-corrected chi connectivity index (χ1v) is 6.48. The van der Waals surface area contributed by atoms with Crippen LogP contribution >= 0.6 is 0 Å². The van der Waals surface area contributed by atoms with Gasteiger partial charge >= 0.3 is 12.0 Å². The minimum absolute atomic E-state index is 0.0677. The van der Waals surface area contributed by atoms with Crippen molar-refractivity contribution in [2.24, 2.45) is 0 Å². The Balaban J connectivity index is 2.53. The smallest absolute Gasteiger partial charge is 0.326 e. The minimum Gasteiger partial charge on any atom is -0.480 e. The summed E-state index contributed by atoms with van der Waals surface area (Å²) in [7, 11) is 0. The van der Waals surface area contributed by atoms with E-state index >= 15 is 0 Å². The number of rotatable bonds is 7. The molecule has 0 fully saturated rings. The van der Waals surface area contributed by atoms with Crippen molar-refractivity contribution in [3.05, 3.63) is 18.2 Å². The Hall–Kier alpha value is -2.58. The van der Waals surface area contributed by atoms with Gasteiger partial charge in [-0.3, -0.25) is 4.79 Å². The summed E-state index contributed by atoms with van der Waals surface area (Å²) >= 11 is 0. The molecule has 2 atom stereocenters. The fraction of sp³-hybridized carbons (Fsp3) is 0.500. The lowest BCUT2D eigenvalue weighted by Crippen LogP contribution is -2.52. The maximum Gasteiger partial charge on any atom is 0.326 e. The summed E-state index contributed by atoms with van der Waals surface area (Å²) in [5.74, 6) is -1.52. The predicted molar refractivity (Wildman–Crippen MR) is 73.5 cm³/mol. The van der Waals surface area contributed by atoms with Gasteiger partial charge in [-0.1, -0.05) is 0 Å². The fourth-order valence-corrected chi connectivity index (χ4v) is 1.61. The van der Waals surface area contributed by atoms with Crippen molar-refractivity contribution >= 4 is 17.9 Å². The molecular weight excluding hydrogens is 278 g/mol. The average Bonchev–Trinajstić information content (AvgIpc) is 2.90. The molecule has 0 aromatic carbocycles. The highest BCUT2D eigenvalue weighted by Crippen LogP contribution is 1.99. The van der Waals surface area contributed by atoms with E-state index in [0.29, 0.717) is 12.2 Å². The quantitative estimate of drug-likeness (QED) is 0.450. The Labute approximate surface area is 121 Å².